The lowest BCUT2D eigenvalue weighted by Crippen LogP contribution is -1.87. The van der Waals surface area contributed by atoms with E-state index in [1.54, 1.807) is 11.4 Å². The highest BCUT2D eigenvalue weighted by Gasteiger charge is 2.17. The van der Waals surface area contributed by atoms with Gasteiger partial charge in [0.05, 0.1) is 10.3 Å². The van der Waals surface area contributed by atoms with Gasteiger partial charge in [-0.1, -0.05) is 0 Å². The van der Waals surface area contributed by atoms with Crippen molar-refractivity contribution in [1.29, 1.82) is 0 Å². The molecule has 0 aliphatic heterocycles. The monoisotopic (exact) mass is 326 g/mol. The normalized spacial score (nSPS) is 11.4. The quantitative estimate of drug-likeness (QED) is 0.781. The van der Waals surface area contributed by atoms with Crippen LogP contribution in [0.5, 0.6) is 5.75 Å². The fourth-order valence-corrected chi connectivity index (χ4v) is 3.08. The molecule has 1 nitrogen and oxygen atoms in total. The Kier molecular flexibility index (Phi) is 2.61. The van der Waals surface area contributed by atoms with Crippen LogP contribution in [0.25, 0.3) is 10.1 Å². The van der Waals surface area contributed by atoms with Crippen molar-refractivity contribution >= 4 is 44.0 Å². The average Bonchev–Trinajstić information content (AvgIpc) is 2.59. The maximum atomic E-state index is 12.5. The Bertz CT molecular complexity index is 481. The number of hydrogen-bond donors (Lipinski definition) is 1. The summed E-state index contributed by atoms with van der Waals surface area (Å²) in [5.41, 5.74) is -0.291. The van der Waals surface area contributed by atoms with Gasteiger partial charge in [0.15, 0.2) is 0 Å². The highest BCUT2D eigenvalue weighted by molar-refractivity contribution is 14.1. The number of fused-ring (bicyclic) bond motifs is 1. The van der Waals surface area contributed by atoms with Crippen LogP contribution in [0, 0.1) is 3.57 Å². The first kappa shape index (κ1) is 10.1. The van der Waals surface area contributed by atoms with E-state index in [1.165, 1.54) is 17.4 Å². The van der Waals surface area contributed by atoms with Crippen molar-refractivity contribution in [2.24, 2.45) is 0 Å². The molecule has 14 heavy (non-hydrogen) atoms. The number of hydrogen-bond acceptors (Lipinski definition) is 2. The van der Waals surface area contributed by atoms with Crippen molar-refractivity contribution in [2.75, 3.05) is 0 Å². The number of aromatic hydroxyl groups is 1. The Labute approximate surface area is 96.5 Å². The topological polar surface area (TPSA) is 20.2 Å². The predicted octanol–water partition coefficient (Wildman–Crippen LogP) is 4.15. The van der Waals surface area contributed by atoms with E-state index in [0.29, 0.717) is 5.39 Å². The summed E-state index contributed by atoms with van der Waals surface area (Å²) in [4.78, 5) is 0. The molecule has 1 N–H and O–H groups in total. The Morgan fingerprint density at radius 3 is 2.79 bits per heavy atom. The number of halogens is 3. The average molecular weight is 326 g/mol. The minimum absolute atomic E-state index is 0.291. The van der Waals surface area contributed by atoms with Crippen molar-refractivity contribution in [3.63, 3.8) is 0 Å². The van der Waals surface area contributed by atoms with Gasteiger partial charge < -0.3 is 5.11 Å². The van der Waals surface area contributed by atoms with Gasteiger partial charge in [-0.15, -0.1) is 11.3 Å². The largest absolute Gasteiger partial charge is 0.507 e. The predicted molar refractivity (Wildman–Crippen MR) is 61.2 cm³/mol. The molecule has 0 unspecified atom stereocenters. The van der Waals surface area contributed by atoms with Crippen molar-refractivity contribution in [1.82, 2.24) is 0 Å². The standard InChI is InChI=1S/C9H5F2IOS/c10-9(11)5-3-6(12)8-4(7(5)13)1-2-14-8/h1-3,9,13H. The van der Waals surface area contributed by atoms with Crippen LogP contribution in [0.15, 0.2) is 17.5 Å². The second-order valence-electron chi connectivity index (χ2n) is 2.76. The maximum Gasteiger partial charge on any atom is 0.267 e. The van der Waals surface area contributed by atoms with E-state index in [1.807, 2.05) is 22.6 Å². The fraction of sp³-hybridized carbons (Fsp3) is 0.111. The second kappa shape index (κ2) is 3.62. The Hall–Kier alpha value is -0.430. The van der Waals surface area contributed by atoms with Gasteiger partial charge >= 0.3 is 0 Å². The smallest absolute Gasteiger partial charge is 0.267 e. The summed E-state index contributed by atoms with van der Waals surface area (Å²) in [6.45, 7) is 0. The molecule has 0 atom stereocenters. The van der Waals surface area contributed by atoms with E-state index in [2.05, 4.69) is 0 Å². The number of phenolic OH excluding ortho intramolecular Hbond substituents is 1. The van der Waals surface area contributed by atoms with Crippen molar-refractivity contribution < 1.29 is 13.9 Å². The van der Waals surface area contributed by atoms with Crippen LogP contribution in [0.2, 0.25) is 0 Å². The lowest BCUT2D eigenvalue weighted by Gasteiger charge is -2.05. The molecule has 5 heteroatoms. The molecule has 1 heterocycles. The number of rotatable bonds is 1. The van der Waals surface area contributed by atoms with Crippen LogP contribution in [0.4, 0.5) is 8.78 Å². The zero-order chi connectivity index (χ0) is 10.3. The van der Waals surface area contributed by atoms with Crippen LogP contribution >= 0.6 is 33.9 Å². The van der Waals surface area contributed by atoms with Crippen molar-refractivity contribution in [3.8, 4) is 5.75 Å². The fourth-order valence-electron chi connectivity index (χ4n) is 1.27. The van der Waals surface area contributed by atoms with E-state index in [-0.39, 0.29) is 11.3 Å². The molecule has 1 aromatic carbocycles. The zero-order valence-electron chi connectivity index (χ0n) is 6.80. The molecule has 74 valence electrons. The third kappa shape index (κ3) is 1.48. The van der Waals surface area contributed by atoms with E-state index < -0.39 is 6.43 Å². The molecular formula is C9H5F2IOS. The SMILES string of the molecule is Oc1c(C(F)F)cc(I)c2sccc12. The molecule has 2 rings (SSSR count). The van der Waals surface area contributed by atoms with Gasteiger partial charge in [0.1, 0.15) is 5.75 Å². The first-order valence-corrected chi connectivity index (χ1v) is 5.74. The molecule has 1 aromatic heterocycles. The van der Waals surface area contributed by atoms with Gasteiger partial charge in [-0.25, -0.2) is 8.78 Å². The van der Waals surface area contributed by atoms with Crippen LogP contribution in [0.1, 0.15) is 12.0 Å². The summed E-state index contributed by atoms with van der Waals surface area (Å²) in [5.74, 6) is -0.295. The maximum absolute atomic E-state index is 12.5. The number of phenols is 1. The molecule has 0 bridgehead atoms. The zero-order valence-corrected chi connectivity index (χ0v) is 9.77. The van der Waals surface area contributed by atoms with Crippen molar-refractivity contribution in [2.45, 2.75) is 6.43 Å². The third-order valence-corrected chi connectivity index (χ3v) is 4.09. The summed E-state index contributed by atoms with van der Waals surface area (Å²) < 4.78 is 26.6. The molecule has 0 aliphatic carbocycles. The summed E-state index contributed by atoms with van der Waals surface area (Å²) in [7, 11) is 0. The third-order valence-electron chi connectivity index (χ3n) is 1.93. The van der Waals surface area contributed by atoms with Gasteiger partial charge in [0.25, 0.3) is 6.43 Å². The lowest BCUT2D eigenvalue weighted by atomic mass is 10.1. The minimum atomic E-state index is -2.63. The Morgan fingerprint density at radius 2 is 2.14 bits per heavy atom. The highest BCUT2D eigenvalue weighted by Crippen LogP contribution is 2.39. The van der Waals surface area contributed by atoms with E-state index in [4.69, 9.17) is 0 Å². The summed E-state index contributed by atoms with van der Waals surface area (Å²) >= 11 is 3.43. The van der Waals surface area contributed by atoms with Crippen LogP contribution < -0.4 is 0 Å². The summed E-state index contributed by atoms with van der Waals surface area (Å²) in [6.07, 6.45) is -2.63. The molecule has 0 saturated carbocycles. The second-order valence-corrected chi connectivity index (χ2v) is 4.84. The van der Waals surface area contributed by atoms with Crippen molar-refractivity contribution in [3.05, 3.63) is 26.6 Å². The number of thiophene rings is 1. The minimum Gasteiger partial charge on any atom is -0.507 e. The molecule has 0 fully saturated rings. The molecule has 0 aliphatic rings. The van der Waals surface area contributed by atoms with Gasteiger partial charge in [-0.3, -0.25) is 0 Å². The summed E-state index contributed by atoms with van der Waals surface area (Å²) in [5, 5.41) is 11.8. The van der Waals surface area contributed by atoms with E-state index in [9.17, 15) is 13.9 Å². The molecule has 0 radical (unpaired) electrons. The van der Waals surface area contributed by atoms with Gasteiger partial charge in [0.2, 0.25) is 0 Å². The molecule has 0 amide bonds. The first-order valence-electron chi connectivity index (χ1n) is 3.78. The number of benzene rings is 1. The first-order chi connectivity index (χ1) is 6.61. The Morgan fingerprint density at radius 1 is 1.43 bits per heavy atom. The van der Waals surface area contributed by atoms with Crippen LogP contribution in [0.3, 0.4) is 0 Å². The van der Waals surface area contributed by atoms with Crippen LogP contribution in [-0.2, 0) is 0 Å². The molecule has 0 spiro atoms. The molecule has 0 saturated heterocycles. The van der Waals surface area contributed by atoms with Crippen LogP contribution in [-0.4, -0.2) is 5.11 Å². The lowest BCUT2D eigenvalue weighted by molar-refractivity contribution is 0.148. The van der Waals surface area contributed by atoms with E-state index >= 15 is 0 Å². The van der Waals surface area contributed by atoms with E-state index in [0.717, 1.165) is 8.27 Å². The van der Waals surface area contributed by atoms with Gasteiger partial charge in [-0.05, 0) is 40.1 Å². The molecular weight excluding hydrogens is 321 g/mol. The number of alkyl halides is 2. The van der Waals surface area contributed by atoms with Gasteiger partial charge in [0, 0.05) is 8.96 Å². The van der Waals surface area contributed by atoms with Gasteiger partial charge in [-0.2, -0.15) is 0 Å². The highest BCUT2D eigenvalue weighted by atomic mass is 127. The Balaban J connectivity index is 2.82. The molecule has 2 aromatic rings. The summed E-state index contributed by atoms with van der Waals surface area (Å²) in [6, 6.07) is 2.99.